The maximum absolute atomic E-state index is 12.8. The van der Waals surface area contributed by atoms with E-state index in [2.05, 4.69) is 10.4 Å². The number of anilines is 1. The van der Waals surface area contributed by atoms with Crippen LogP contribution in [0.1, 0.15) is 15.4 Å². The summed E-state index contributed by atoms with van der Waals surface area (Å²) in [6, 6.07) is 13.1. The van der Waals surface area contributed by atoms with Gasteiger partial charge in [0.15, 0.2) is 0 Å². The van der Waals surface area contributed by atoms with Crippen LogP contribution in [-0.4, -0.2) is 15.7 Å². The van der Waals surface area contributed by atoms with Gasteiger partial charge < -0.3 is 5.32 Å². The zero-order chi connectivity index (χ0) is 17.3. The lowest BCUT2D eigenvalue weighted by molar-refractivity contribution is -0.143. The van der Waals surface area contributed by atoms with Crippen molar-refractivity contribution in [3.63, 3.8) is 0 Å². The van der Waals surface area contributed by atoms with E-state index < -0.39 is 11.9 Å². The molecule has 2 heterocycles. The van der Waals surface area contributed by atoms with Crippen LogP contribution < -0.4 is 5.32 Å². The molecule has 2 aromatic heterocycles. The van der Waals surface area contributed by atoms with Gasteiger partial charge >= 0.3 is 6.18 Å². The Hall–Kier alpha value is -2.61. The first-order valence-corrected chi connectivity index (χ1v) is 7.74. The van der Waals surface area contributed by atoms with E-state index in [9.17, 15) is 18.0 Å². The fraction of sp³-hybridized carbons (Fsp3) is 0.125. The number of aromatic nitrogens is 2. The molecule has 1 aromatic carbocycles. The molecule has 4 nitrogen and oxygen atoms in total. The monoisotopic (exact) mass is 351 g/mol. The lowest BCUT2D eigenvalue weighted by Crippen LogP contribution is -2.11. The lowest BCUT2D eigenvalue weighted by Gasteiger charge is -2.04. The minimum Gasteiger partial charge on any atom is -0.321 e. The van der Waals surface area contributed by atoms with Crippen molar-refractivity contribution in [1.29, 1.82) is 0 Å². The number of aryl methyl sites for hydroxylation is 1. The van der Waals surface area contributed by atoms with Crippen LogP contribution in [0.5, 0.6) is 0 Å². The summed E-state index contributed by atoms with van der Waals surface area (Å²) in [7, 11) is 1.24. The van der Waals surface area contributed by atoms with Crippen LogP contribution in [0.25, 0.3) is 10.6 Å². The van der Waals surface area contributed by atoms with Crippen molar-refractivity contribution < 1.29 is 18.0 Å². The second-order valence-electron chi connectivity index (χ2n) is 5.02. The Balaban J connectivity index is 1.82. The Bertz CT molecular complexity index is 868. The van der Waals surface area contributed by atoms with Crippen molar-refractivity contribution in [3.8, 4) is 10.6 Å². The van der Waals surface area contributed by atoms with Crippen LogP contribution >= 0.6 is 11.3 Å². The fourth-order valence-electron chi connectivity index (χ4n) is 2.16. The summed E-state index contributed by atoms with van der Waals surface area (Å²) in [4.78, 5) is 13.1. The van der Waals surface area contributed by atoms with Gasteiger partial charge in [-0.1, -0.05) is 18.2 Å². The topological polar surface area (TPSA) is 46.9 Å². The molecule has 0 radical (unpaired) electrons. The number of hydrogen-bond donors (Lipinski definition) is 1. The number of nitrogens with zero attached hydrogens (tertiary/aromatic N) is 2. The lowest BCUT2D eigenvalue weighted by atomic mass is 10.3. The molecule has 1 N–H and O–H groups in total. The second kappa shape index (κ2) is 6.12. The first kappa shape index (κ1) is 16.3. The van der Waals surface area contributed by atoms with Gasteiger partial charge in [0.1, 0.15) is 11.4 Å². The molecule has 3 aromatic rings. The van der Waals surface area contributed by atoms with Gasteiger partial charge in [-0.3, -0.25) is 9.48 Å². The molecule has 0 aliphatic rings. The third-order valence-corrected chi connectivity index (χ3v) is 4.39. The molecular formula is C16H12F3N3OS. The molecule has 0 aliphatic heterocycles. The van der Waals surface area contributed by atoms with Gasteiger partial charge in [0.2, 0.25) is 0 Å². The number of halogens is 3. The SMILES string of the molecule is Cn1nc(-c2ccc(C(=O)Nc3ccccc3)s2)cc1C(F)(F)F. The summed E-state index contributed by atoms with van der Waals surface area (Å²) >= 11 is 1.09. The van der Waals surface area contributed by atoms with E-state index in [0.717, 1.165) is 22.1 Å². The van der Waals surface area contributed by atoms with Gasteiger partial charge in [-0.25, -0.2) is 0 Å². The van der Waals surface area contributed by atoms with Crippen LogP contribution in [0.4, 0.5) is 18.9 Å². The van der Waals surface area contributed by atoms with Crippen LogP contribution in [0.2, 0.25) is 0 Å². The number of alkyl halides is 3. The summed E-state index contributed by atoms with van der Waals surface area (Å²) in [5.41, 5.74) is 0.00409. The van der Waals surface area contributed by atoms with E-state index in [1.165, 1.54) is 7.05 Å². The Morgan fingerprint density at radius 2 is 1.88 bits per heavy atom. The summed E-state index contributed by atoms with van der Waals surface area (Å²) in [5, 5.41) is 6.61. The van der Waals surface area contributed by atoms with Gasteiger partial charge in [-0.15, -0.1) is 11.3 Å². The predicted molar refractivity (Wildman–Crippen MR) is 85.9 cm³/mol. The molecule has 0 saturated carbocycles. The predicted octanol–water partition coefficient (Wildman–Crippen LogP) is 4.42. The molecule has 124 valence electrons. The van der Waals surface area contributed by atoms with Crippen molar-refractivity contribution in [2.24, 2.45) is 7.05 Å². The normalized spacial score (nSPS) is 11.5. The van der Waals surface area contributed by atoms with Crippen molar-refractivity contribution in [3.05, 3.63) is 59.1 Å². The van der Waals surface area contributed by atoms with Gasteiger partial charge in [-0.2, -0.15) is 18.3 Å². The molecule has 0 fully saturated rings. The first-order chi connectivity index (χ1) is 11.3. The quantitative estimate of drug-likeness (QED) is 0.759. The van der Waals surface area contributed by atoms with E-state index in [-0.39, 0.29) is 11.6 Å². The maximum Gasteiger partial charge on any atom is 0.433 e. The largest absolute Gasteiger partial charge is 0.433 e. The maximum atomic E-state index is 12.8. The van der Waals surface area contributed by atoms with Crippen LogP contribution in [0, 0.1) is 0 Å². The molecule has 0 bridgehead atoms. The molecule has 0 saturated heterocycles. The van der Waals surface area contributed by atoms with Crippen molar-refractivity contribution in [2.75, 3.05) is 5.32 Å². The number of amides is 1. The van der Waals surface area contributed by atoms with Crippen molar-refractivity contribution >= 4 is 22.9 Å². The highest BCUT2D eigenvalue weighted by atomic mass is 32.1. The molecule has 1 amide bonds. The number of nitrogens with one attached hydrogen (secondary N) is 1. The standard InChI is InChI=1S/C16H12F3N3OS/c1-22-14(16(17,18)19)9-11(21-22)12-7-8-13(24-12)15(23)20-10-5-3-2-4-6-10/h2-9H,1H3,(H,20,23). The van der Waals surface area contributed by atoms with Crippen molar-refractivity contribution in [2.45, 2.75) is 6.18 Å². The molecule has 8 heteroatoms. The number of benzene rings is 1. The third-order valence-electron chi connectivity index (χ3n) is 3.28. The average molecular weight is 351 g/mol. The number of carbonyl (C=O) groups is 1. The highest BCUT2D eigenvalue weighted by Crippen LogP contribution is 2.34. The summed E-state index contributed by atoms with van der Waals surface area (Å²) in [5.74, 6) is -0.315. The summed E-state index contributed by atoms with van der Waals surface area (Å²) < 4.78 is 39.3. The van der Waals surface area contributed by atoms with Gasteiger partial charge in [0.25, 0.3) is 5.91 Å². The van der Waals surface area contributed by atoms with Gasteiger partial charge in [-0.05, 0) is 30.3 Å². The number of rotatable bonds is 3. The van der Waals surface area contributed by atoms with E-state index in [1.54, 1.807) is 36.4 Å². The third kappa shape index (κ3) is 3.33. The first-order valence-electron chi connectivity index (χ1n) is 6.92. The zero-order valence-corrected chi connectivity index (χ0v) is 13.3. The Morgan fingerprint density at radius 3 is 2.50 bits per heavy atom. The molecule has 3 rings (SSSR count). The zero-order valence-electron chi connectivity index (χ0n) is 12.5. The minimum atomic E-state index is -4.47. The van der Waals surface area contributed by atoms with Gasteiger partial charge in [0.05, 0.1) is 9.75 Å². The Labute approximate surface area is 139 Å². The molecular weight excluding hydrogens is 339 g/mol. The molecule has 0 aliphatic carbocycles. The van der Waals surface area contributed by atoms with Crippen LogP contribution in [0.15, 0.2) is 48.5 Å². The highest BCUT2D eigenvalue weighted by molar-refractivity contribution is 7.17. The molecule has 0 atom stereocenters. The molecule has 0 unspecified atom stereocenters. The van der Waals surface area contributed by atoms with E-state index in [0.29, 0.717) is 15.4 Å². The Morgan fingerprint density at radius 1 is 1.17 bits per heavy atom. The second-order valence-corrected chi connectivity index (χ2v) is 6.10. The minimum absolute atomic E-state index is 0.189. The average Bonchev–Trinajstić information content (AvgIpc) is 3.14. The molecule has 24 heavy (non-hydrogen) atoms. The smallest absolute Gasteiger partial charge is 0.321 e. The van der Waals surface area contributed by atoms with E-state index in [1.807, 2.05) is 6.07 Å². The van der Waals surface area contributed by atoms with Gasteiger partial charge in [0, 0.05) is 12.7 Å². The van der Waals surface area contributed by atoms with Crippen LogP contribution in [0.3, 0.4) is 0 Å². The number of para-hydroxylation sites is 1. The van der Waals surface area contributed by atoms with Crippen molar-refractivity contribution in [1.82, 2.24) is 9.78 Å². The van der Waals surface area contributed by atoms with E-state index in [4.69, 9.17) is 0 Å². The fourth-order valence-corrected chi connectivity index (χ4v) is 3.02. The Kier molecular flexibility index (Phi) is 4.15. The number of hydrogen-bond acceptors (Lipinski definition) is 3. The molecule has 0 spiro atoms. The van der Waals surface area contributed by atoms with Crippen LogP contribution in [-0.2, 0) is 13.2 Å². The van der Waals surface area contributed by atoms with E-state index >= 15 is 0 Å². The highest BCUT2D eigenvalue weighted by Gasteiger charge is 2.35. The number of carbonyl (C=O) groups excluding carboxylic acids is 1. The summed E-state index contributed by atoms with van der Waals surface area (Å²) in [6.07, 6.45) is -4.47. The number of thiophene rings is 1. The summed E-state index contributed by atoms with van der Waals surface area (Å²) in [6.45, 7) is 0.